The molecule has 11 nitrogen and oxygen atoms in total. The third kappa shape index (κ3) is 5.61. The Kier molecular flexibility index (Phi) is 8.52. The summed E-state index contributed by atoms with van der Waals surface area (Å²) in [4.78, 5) is 50.7. The number of ether oxygens (including phenoxy) is 3. The summed E-state index contributed by atoms with van der Waals surface area (Å²) in [5.74, 6) is -2.04. The molecule has 1 fully saturated rings. The first-order valence-corrected chi connectivity index (χ1v) is 15.7. The highest BCUT2D eigenvalue weighted by atomic mass is 32.1. The molecule has 6 rings (SSSR count). The van der Waals surface area contributed by atoms with Crippen molar-refractivity contribution < 1.29 is 33.7 Å². The number of aliphatic hydroxyl groups excluding tert-OH is 1. The largest absolute Gasteiger partial charge is 0.505 e. The minimum Gasteiger partial charge on any atom is -0.505 e. The van der Waals surface area contributed by atoms with Crippen LogP contribution in [-0.4, -0.2) is 50.9 Å². The van der Waals surface area contributed by atoms with E-state index in [0.29, 0.717) is 47.3 Å². The van der Waals surface area contributed by atoms with E-state index >= 15 is 0 Å². The number of pyridine rings is 1. The molecule has 1 N–H and O–H groups in total. The number of ketones is 1. The van der Waals surface area contributed by atoms with Gasteiger partial charge in [0, 0.05) is 6.20 Å². The van der Waals surface area contributed by atoms with Crippen molar-refractivity contribution in [1.82, 2.24) is 14.4 Å². The van der Waals surface area contributed by atoms with Gasteiger partial charge in [-0.2, -0.15) is 0 Å². The number of amides is 1. The quantitative estimate of drug-likeness (QED) is 0.0867. The first-order valence-electron chi connectivity index (χ1n) is 14.9. The number of methoxy groups -OCH3 is 1. The van der Waals surface area contributed by atoms with Gasteiger partial charge in [0.05, 0.1) is 36.7 Å². The van der Waals surface area contributed by atoms with E-state index in [1.54, 1.807) is 32.0 Å². The number of aromatic nitrogens is 3. The van der Waals surface area contributed by atoms with Gasteiger partial charge in [0.2, 0.25) is 0 Å². The summed E-state index contributed by atoms with van der Waals surface area (Å²) in [5.41, 5.74) is 3.81. The molecule has 0 radical (unpaired) electrons. The molecule has 0 spiro atoms. The van der Waals surface area contributed by atoms with Gasteiger partial charge in [-0.3, -0.25) is 14.5 Å². The number of aliphatic hydroxyl groups is 1. The van der Waals surface area contributed by atoms with Crippen LogP contribution in [0.1, 0.15) is 56.4 Å². The minimum absolute atomic E-state index is 0.0963. The molecule has 240 valence electrons. The van der Waals surface area contributed by atoms with Crippen molar-refractivity contribution in [3.63, 3.8) is 0 Å². The smallest absolute Gasteiger partial charge is 0.350 e. The number of benzene rings is 2. The summed E-state index contributed by atoms with van der Waals surface area (Å²) in [6.45, 7) is 7.73. The van der Waals surface area contributed by atoms with Crippen molar-refractivity contribution >= 4 is 45.5 Å². The third-order valence-electron chi connectivity index (χ3n) is 7.94. The Morgan fingerprint density at radius 3 is 2.45 bits per heavy atom. The Bertz CT molecular complexity index is 2060. The number of aryl methyl sites for hydroxylation is 3. The van der Waals surface area contributed by atoms with E-state index in [1.807, 2.05) is 66.9 Å². The van der Waals surface area contributed by atoms with Crippen molar-refractivity contribution in [2.75, 3.05) is 18.6 Å². The van der Waals surface area contributed by atoms with E-state index in [9.17, 15) is 19.5 Å². The van der Waals surface area contributed by atoms with Gasteiger partial charge >= 0.3 is 11.9 Å². The number of esters is 1. The number of rotatable bonds is 9. The lowest BCUT2D eigenvalue weighted by Crippen LogP contribution is -2.29. The summed E-state index contributed by atoms with van der Waals surface area (Å²) in [5, 5.41) is 12.0. The zero-order valence-corrected chi connectivity index (χ0v) is 27.3. The van der Waals surface area contributed by atoms with Gasteiger partial charge in [-0.1, -0.05) is 53.8 Å². The SMILES string of the molecule is CCOc1cc(C2/C(=C(\O)c3nc4c(C)cccn4c3C)C(=O)C(=O)N2c2nc(C)c(C(=O)OC)s2)ccc1OCc1ccccc1. The van der Waals surface area contributed by atoms with Crippen LogP contribution in [0.3, 0.4) is 0 Å². The predicted molar refractivity (Wildman–Crippen MR) is 176 cm³/mol. The molecule has 0 bridgehead atoms. The topological polar surface area (TPSA) is 133 Å². The monoisotopic (exact) mass is 652 g/mol. The first kappa shape index (κ1) is 31.5. The maximum Gasteiger partial charge on any atom is 0.350 e. The van der Waals surface area contributed by atoms with Gasteiger partial charge in [0.25, 0.3) is 5.78 Å². The average molecular weight is 653 g/mol. The molecule has 4 heterocycles. The molecule has 1 saturated heterocycles. The number of hydrogen-bond donors (Lipinski definition) is 1. The van der Waals surface area contributed by atoms with Crippen LogP contribution in [0.4, 0.5) is 5.13 Å². The molecule has 0 saturated carbocycles. The predicted octanol–water partition coefficient (Wildman–Crippen LogP) is 6.11. The zero-order chi connectivity index (χ0) is 33.4. The maximum atomic E-state index is 13.9. The lowest BCUT2D eigenvalue weighted by atomic mass is 9.96. The first-order chi connectivity index (χ1) is 22.6. The molecule has 1 aliphatic heterocycles. The highest BCUT2D eigenvalue weighted by Crippen LogP contribution is 2.46. The number of thiazole rings is 1. The Morgan fingerprint density at radius 2 is 1.74 bits per heavy atom. The lowest BCUT2D eigenvalue weighted by molar-refractivity contribution is -0.132. The van der Waals surface area contributed by atoms with Gasteiger partial charge in [0.15, 0.2) is 22.4 Å². The van der Waals surface area contributed by atoms with Gasteiger partial charge in [-0.05, 0) is 62.6 Å². The Labute approximate surface area is 274 Å². The molecule has 2 aromatic carbocycles. The molecule has 0 aliphatic carbocycles. The van der Waals surface area contributed by atoms with E-state index in [2.05, 4.69) is 9.97 Å². The van der Waals surface area contributed by atoms with Gasteiger partial charge in [0.1, 0.15) is 22.8 Å². The second-order valence-corrected chi connectivity index (χ2v) is 11.9. The summed E-state index contributed by atoms with van der Waals surface area (Å²) in [6, 6.07) is 17.4. The van der Waals surface area contributed by atoms with Crippen LogP contribution in [0.5, 0.6) is 11.5 Å². The van der Waals surface area contributed by atoms with Crippen LogP contribution in [0, 0.1) is 20.8 Å². The van der Waals surface area contributed by atoms with Crippen molar-refractivity contribution in [3.05, 3.63) is 111 Å². The zero-order valence-electron chi connectivity index (χ0n) is 26.4. The highest BCUT2D eigenvalue weighted by Gasteiger charge is 2.49. The minimum atomic E-state index is -1.14. The molecule has 1 unspecified atom stereocenters. The molecular weight excluding hydrogens is 620 g/mol. The highest BCUT2D eigenvalue weighted by molar-refractivity contribution is 7.17. The van der Waals surface area contributed by atoms with E-state index < -0.39 is 29.5 Å². The number of anilines is 1. The number of fused-ring (bicyclic) bond motifs is 1. The van der Waals surface area contributed by atoms with Crippen molar-refractivity contribution in [2.45, 2.75) is 40.3 Å². The number of hydrogen-bond acceptors (Lipinski definition) is 10. The van der Waals surface area contributed by atoms with Crippen LogP contribution in [-0.2, 0) is 20.9 Å². The van der Waals surface area contributed by atoms with E-state index in [-0.39, 0.29) is 21.3 Å². The van der Waals surface area contributed by atoms with Crippen molar-refractivity contribution in [3.8, 4) is 11.5 Å². The fraction of sp³-hybridized carbons (Fsp3) is 0.229. The normalized spacial score (nSPS) is 15.8. The number of carbonyl (C=O) groups is 3. The van der Waals surface area contributed by atoms with Crippen molar-refractivity contribution in [2.24, 2.45) is 0 Å². The van der Waals surface area contributed by atoms with E-state index in [0.717, 1.165) is 22.5 Å². The maximum absolute atomic E-state index is 13.9. The Balaban J connectivity index is 1.53. The molecule has 1 amide bonds. The molecule has 1 atom stereocenters. The van der Waals surface area contributed by atoms with Gasteiger partial charge in [-0.15, -0.1) is 0 Å². The lowest BCUT2D eigenvalue weighted by Gasteiger charge is -2.24. The van der Waals surface area contributed by atoms with Gasteiger partial charge < -0.3 is 23.7 Å². The van der Waals surface area contributed by atoms with Crippen LogP contribution in [0.2, 0.25) is 0 Å². The average Bonchev–Trinajstić information content (AvgIpc) is 3.71. The molecular formula is C35H32N4O7S. The summed E-state index contributed by atoms with van der Waals surface area (Å²) < 4.78 is 18.8. The fourth-order valence-corrected chi connectivity index (χ4v) is 6.62. The number of carbonyl (C=O) groups excluding carboxylic acids is 3. The summed E-state index contributed by atoms with van der Waals surface area (Å²) in [6.07, 6.45) is 1.81. The molecule has 12 heteroatoms. The van der Waals surface area contributed by atoms with E-state index in [1.165, 1.54) is 12.0 Å². The van der Waals surface area contributed by atoms with Crippen LogP contribution >= 0.6 is 11.3 Å². The number of Topliss-reactive ketones (excluding diaryl/α,β-unsaturated/α-hetero) is 1. The Morgan fingerprint density at radius 1 is 0.979 bits per heavy atom. The van der Waals surface area contributed by atoms with Crippen LogP contribution in [0.15, 0.2) is 72.4 Å². The molecule has 1 aliphatic rings. The molecule has 47 heavy (non-hydrogen) atoms. The van der Waals surface area contributed by atoms with Crippen molar-refractivity contribution in [1.29, 1.82) is 0 Å². The summed E-state index contributed by atoms with van der Waals surface area (Å²) in [7, 11) is 1.25. The van der Waals surface area contributed by atoms with Crippen LogP contribution < -0.4 is 14.4 Å². The summed E-state index contributed by atoms with van der Waals surface area (Å²) >= 11 is 0.923. The standard InChI is InChI=1S/C35H32N4O7S/c1-6-45-25-17-23(14-15-24(25)46-18-22-12-8-7-9-13-22)28-26(29(40)27-21(4)38-16-10-11-19(2)32(38)37-27)30(41)33(42)39(28)35-36-20(3)31(47-35)34(43)44-5/h7-17,28,40H,6,18H2,1-5H3/b29-26+. The van der Waals surface area contributed by atoms with Gasteiger partial charge in [-0.25, -0.2) is 14.8 Å². The van der Waals surface area contributed by atoms with E-state index in [4.69, 9.17) is 14.2 Å². The number of imidazole rings is 1. The van der Waals surface area contributed by atoms with Crippen LogP contribution in [0.25, 0.3) is 11.4 Å². The molecule has 3 aromatic heterocycles. The molecule has 5 aromatic rings. The number of nitrogens with zero attached hydrogens (tertiary/aromatic N) is 4. The third-order valence-corrected chi connectivity index (χ3v) is 9.07. The Hall–Kier alpha value is -5.49. The fourth-order valence-electron chi connectivity index (χ4n) is 5.60. The second kappa shape index (κ2) is 12.7. The second-order valence-electron chi connectivity index (χ2n) is 10.9.